The largest absolute Gasteiger partial charge is 0.497 e. The van der Waals surface area contributed by atoms with Gasteiger partial charge < -0.3 is 15.2 Å². The molecule has 0 spiro atoms. The Hall–Kier alpha value is -1.27. The maximum atomic E-state index is 12.9. The van der Waals surface area contributed by atoms with Crippen LogP contribution in [-0.4, -0.2) is 25.3 Å². The lowest BCUT2D eigenvalue weighted by Crippen LogP contribution is -2.57. The molecule has 1 aliphatic heterocycles. The van der Waals surface area contributed by atoms with Crippen LogP contribution in [0, 0.1) is 0 Å². The molecule has 2 N–H and O–H groups in total. The molecule has 17 heavy (non-hydrogen) atoms. The van der Waals surface area contributed by atoms with Gasteiger partial charge in [-0.05, 0) is 17.7 Å². The predicted molar refractivity (Wildman–Crippen MR) is 54.8 cm³/mol. The van der Waals surface area contributed by atoms with E-state index in [0.29, 0.717) is 0 Å². The van der Waals surface area contributed by atoms with Gasteiger partial charge in [-0.25, -0.2) is 0 Å². The Bertz CT molecular complexity index is 427. The zero-order valence-corrected chi connectivity index (χ0v) is 9.14. The SMILES string of the molecule is COc1ccc(C2(O)CNC2)c(C(F)(F)F)c1. The summed E-state index contributed by atoms with van der Waals surface area (Å²) in [6.45, 7) is 0.255. The third-order valence-corrected chi connectivity index (χ3v) is 2.87. The monoisotopic (exact) mass is 247 g/mol. The van der Waals surface area contributed by atoms with Crippen LogP contribution >= 0.6 is 0 Å². The summed E-state index contributed by atoms with van der Waals surface area (Å²) >= 11 is 0. The van der Waals surface area contributed by atoms with Gasteiger partial charge in [-0.1, -0.05) is 6.07 Å². The van der Waals surface area contributed by atoms with Crippen LogP contribution in [0.3, 0.4) is 0 Å². The average Bonchev–Trinajstić information content (AvgIpc) is 2.24. The van der Waals surface area contributed by atoms with Crippen molar-refractivity contribution >= 4 is 0 Å². The van der Waals surface area contributed by atoms with Crippen LogP contribution in [-0.2, 0) is 11.8 Å². The number of ether oxygens (including phenoxy) is 1. The van der Waals surface area contributed by atoms with Crippen molar-refractivity contribution < 1.29 is 23.0 Å². The maximum absolute atomic E-state index is 12.9. The summed E-state index contributed by atoms with van der Waals surface area (Å²) in [5, 5.41) is 12.7. The highest BCUT2D eigenvalue weighted by molar-refractivity contribution is 5.42. The van der Waals surface area contributed by atoms with E-state index in [1.165, 1.54) is 19.2 Å². The molecule has 0 unspecified atom stereocenters. The number of aliphatic hydroxyl groups is 1. The number of hydrogen-bond donors (Lipinski definition) is 2. The van der Waals surface area contributed by atoms with Gasteiger partial charge in [0, 0.05) is 13.1 Å². The lowest BCUT2D eigenvalue weighted by molar-refractivity contribution is -0.142. The van der Waals surface area contributed by atoms with Crippen LogP contribution in [0.2, 0.25) is 0 Å². The summed E-state index contributed by atoms with van der Waals surface area (Å²) in [6, 6.07) is 3.59. The molecule has 0 saturated carbocycles. The molecule has 1 aliphatic rings. The minimum atomic E-state index is -4.50. The zero-order valence-electron chi connectivity index (χ0n) is 9.14. The summed E-state index contributed by atoms with van der Waals surface area (Å²) < 4.78 is 43.4. The number of halogens is 3. The number of β-amino-alcohol motifs (C(OH)–C–C–N with tert-alkyl or cyclic N) is 1. The van der Waals surface area contributed by atoms with E-state index < -0.39 is 17.3 Å². The molecule has 1 aromatic carbocycles. The van der Waals surface area contributed by atoms with Gasteiger partial charge in [0.15, 0.2) is 0 Å². The van der Waals surface area contributed by atoms with Crippen LogP contribution in [0.1, 0.15) is 11.1 Å². The van der Waals surface area contributed by atoms with Crippen LogP contribution in [0.5, 0.6) is 5.75 Å². The Kier molecular flexibility index (Phi) is 2.79. The van der Waals surface area contributed by atoms with Crippen molar-refractivity contribution in [3.05, 3.63) is 29.3 Å². The Morgan fingerprint density at radius 2 is 2.00 bits per heavy atom. The number of methoxy groups -OCH3 is 1. The second kappa shape index (κ2) is 3.89. The second-order valence-electron chi connectivity index (χ2n) is 4.04. The predicted octanol–water partition coefficient (Wildman–Crippen LogP) is 1.50. The Morgan fingerprint density at radius 3 is 2.41 bits per heavy atom. The fourth-order valence-electron chi connectivity index (χ4n) is 1.84. The molecule has 94 valence electrons. The smallest absolute Gasteiger partial charge is 0.416 e. The van der Waals surface area contributed by atoms with E-state index in [-0.39, 0.29) is 24.4 Å². The minimum Gasteiger partial charge on any atom is -0.497 e. The van der Waals surface area contributed by atoms with Crippen LogP contribution < -0.4 is 10.1 Å². The third-order valence-electron chi connectivity index (χ3n) is 2.87. The third kappa shape index (κ3) is 2.10. The quantitative estimate of drug-likeness (QED) is 0.832. The van der Waals surface area contributed by atoms with Crippen LogP contribution in [0.15, 0.2) is 18.2 Å². The molecular weight excluding hydrogens is 235 g/mol. The van der Waals surface area contributed by atoms with E-state index in [4.69, 9.17) is 4.74 Å². The van der Waals surface area contributed by atoms with Crippen molar-refractivity contribution in [3.63, 3.8) is 0 Å². The lowest BCUT2D eigenvalue weighted by Gasteiger charge is -2.39. The number of nitrogens with one attached hydrogen (secondary N) is 1. The van der Waals surface area contributed by atoms with Gasteiger partial charge in [0.05, 0.1) is 12.7 Å². The number of hydrogen-bond acceptors (Lipinski definition) is 3. The summed E-state index contributed by atoms with van der Waals surface area (Å²) in [4.78, 5) is 0. The molecule has 1 heterocycles. The molecule has 0 bridgehead atoms. The van der Waals surface area contributed by atoms with Crippen molar-refractivity contribution in [1.29, 1.82) is 0 Å². The van der Waals surface area contributed by atoms with Gasteiger partial charge in [0.1, 0.15) is 11.4 Å². The summed E-state index contributed by atoms with van der Waals surface area (Å²) in [7, 11) is 1.30. The van der Waals surface area contributed by atoms with Crippen molar-refractivity contribution in [3.8, 4) is 5.75 Å². The van der Waals surface area contributed by atoms with Crippen molar-refractivity contribution in [2.45, 2.75) is 11.8 Å². The molecule has 1 saturated heterocycles. The van der Waals surface area contributed by atoms with E-state index in [0.717, 1.165) is 6.07 Å². The highest BCUT2D eigenvalue weighted by Crippen LogP contribution is 2.39. The Balaban J connectivity index is 2.51. The van der Waals surface area contributed by atoms with E-state index >= 15 is 0 Å². The first kappa shape index (κ1) is 12.2. The first-order valence-electron chi connectivity index (χ1n) is 5.06. The summed E-state index contributed by atoms with van der Waals surface area (Å²) in [5.74, 6) is 0.122. The second-order valence-corrected chi connectivity index (χ2v) is 4.04. The molecule has 1 aromatic rings. The summed E-state index contributed by atoms with van der Waals surface area (Å²) in [6.07, 6.45) is -4.50. The van der Waals surface area contributed by atoms with Crippen molar-refractivity contribution in [1.82, 2.24) is 5.32 Å². The van der Waals surface area contributed by atoms with Gasteiger partial charge in [-0.2, -0.15) is 13.2 Å². The fraction of sp³-hybridized carbons (Fsp3) is 0.455. The Morgan fingerprint density at radius 1 is 1.35 bits per heavy atom. The average molecular weight is 247 g/mol. The van der Waals surface area contributed by atoms with Crippen molar-refractivity contribution in [2.24, 2.45) is 0 Å². The van der Waals surface area contributed by atoms with Gasteiger partial charge in [-0.3, -0.25) is 0 Å². The number of alkyl halides is 3. The number of rotatable bonds is 2. The minimum absolute atomic E-state index is 0.107. The van der Waals surface area contributed by atoms with Crippen LogP contribution in [0.4, 0.5) is 13.2 Å². The van der Waals surface area contributed by atoms with E-state index in [2.05, 4.69) is 5.32 Å². The molecule has 0 atom stereocenters. The standard InChI is InChI=1S/C11H12F3NO2/c1-17-7-2-3-8(10(16)5-15-6-10)9(4-7)11(12,13)14/h2-4,15-16H,5-6H2,1H3. The molecule has 0 aliphatic carbocycles. The lowest BCUT2D eigenvalue weighted by atomic mass is 9.84. The molecular formula is C11H12F3NO2. The maximum Gasteiger partial charge on any atom is 0.416 e. The fourth-order valence-corrected chi connectivity index (χ4v) is 1.84. The highest BCUT2D eigenvalue weighted by atomic mass is 19.4. The van der Waals surface area contributed by atoms with Gasteiger partial charge in [0.2, 0.25) is 0 Å². The molecule has 6 heteroatoms. The molecule has 2 rings (SSSR count). The first-order chi connectivity index (χ1) is 7.87. The zero-order chi connectivity index (χ0) is 12.7. The number of benzene rings is 1. The van der Waals surface area contributed by atoms with E-state index in [1.807, 2.05) is 0 Å². The van der Waals surface area contributed by atoms with E-state index in [1.54, 1.807) is 0 Å². The Labute approximate surface area is 96.2 Å². The van der Waals surface area contributed by atoms with E-state index in [9.17, 15) is 18.3 Å². The summed E-state index contributed by atoms with van der Waals surface area (Å²) in [5.41, 5.74) is -2.39. The van der Waals surface area contributed by atoms with Gasteiger partial charge >= 0.3 is 6.18 Å². The first-order valence-corrected chi connectivity index (χ1v) is 5.06. The molecule has 0 radical (unpaired) electrons. The molecule has 1 fully saturated rings. The van der Waals surface area contributed by atoms with Crippen molar-refractivity contribution in [2.75, 3.05) is 20.2 Å². The topological polar surface area (TPSA) is 41.5 Å². The van der Waals surface area contributed by atoms with Gasteiger partial charge in [-0.15, -0.1) is 0 Å². The molecule has 0 amide bonds. The molecule has 0 aromatic heterocycles. The molecule has 3 nitrogen and oxygen atoms in total. The van der Waals surface area contributed by atoms with Gasteiger partial charge in [0.25, 0.3) is 0 Å². The highest BCUT2D eigenvalue weighted by Gasteiger charge is 2.44. The van der Waals surface area contributed by atoms with Crippen LogP contribution in [0.25, 0.3) is 0 Å². The normalized spacial score (nSPS) is 18.6.